The zero-order valence-corrected chi connectivity index (χ0v) is 17.6. The van der Waals surface area contributed by atoms with E-state index in [9.17, 15) is 13.6 Å². The van der Waals surface area contributed by atoms with Crippen molar-refractivity contribution in [3.63, 3.8) is 0 Å². The molecule has 2 aromatic heterocycles. The molecule has 0 atom stereocenters. The highest BCUT2D eigenvalue weighted by Crippen LogP contribution is 2.39. The molecule has 0 unspecified atom stereocenters. The number of rotatable bonds is 4. The molecule has 1 aliphatic carbocycles. The lowest BCUT2D eigenvalue weighted by molar-refractivity contribution is 0.565. The summed E-state index contributed by atoms with van der Waals surface area (Å²) in [4.78, 5) is 18.7. The van der Waals surface area contributed by atoms with Crippen LogP contribution in [0.1, 0.15) is 18.9 Å². The van der Waals surface area contributed by atoms with Crippen molar-refractivity contribution in [2.24, 2.45) is 0 Å². The van der Waals surface area contributed by atoms with Crippen molar-refractivity contribution in [1.82, 2.24) is 14.2 Å². The van der Waals surface area contributed by atoms with Gasteiger partial charge in [-0.15, -0.1) is 0 Å². The first-order valence-electron chi connectivity index (χ1n) is 9.14. The van der Waals surface area contributed by atoms with Gasteiger partial charge in [-0.25, -0.2) is 23.0 Å². The van der Waals surface area contributed by atoms with Gasteiger partial charge in [-0.3, -0.25) is 4.79 Å². The second-order valence-corrected chi connectivity index (χ2v) is 8.92. The van der Waals surface area contributed by atoms with Gasteiger partial charge in [0, 0.05) is 33.8 Å². The molecule has 0 amide bonds. The molecule has 5 rings (SSSR count). The Bertz CT molecular complexity index is 1340. The van der Waals surface area contributed by atoms with E-state index in [2.05, 4.69) is 4.98 Å². The van der Waals surface area contributed by atoms with Crippen molar-refractivity contribution in [1.29, 1.82) is 0 Å². The molecular formula is C21H13Cl2F2N3OS. The van der Waals surface area contributed by atoms with Crippen LogP contribution in [0.3, 0.4) is 0 Å². The highest BCUT2D eigenvalue weighted by Gasteiger charge is 2.31. The van der Waals surface area contributed by atoms with Gasteiger partial charge in [0.2, 0.25) is 0 Å². The van der Waals surface area contributed by atoms with E-state index in [0.29, 0.717) is 31.7 Å². The Morgan fingerprint density at radius 2 is 1.80 bits per heavy atom. The summed E-state index contributed by atoms with van der Waals surface area (Å²) in [7, 11) is 0. The minimum absolute atomic E-state index is 0.0598. The molecule has 0 radical (unpaired) electrons. The van der Waals surface area contributed by atoms with Gasteiger partial charge in [-0.2, -0.15) is 0 Å². The maximum Gasteiger partial charge on any atom is 0.277 e. The highest BCUT2D eigenvalue weighted by molar-refractivity contribution is 7.99. The minimum atomic E-state index is -0.657. The SMILES string of the molecule is O=c1c(-c2c(Cl)cccc2Cl)c2ncc(Sc3ccc(F)cc3F)cn2n1C1CC1. The molecule has 0 saturated heterocycles. The summed E-state index contributed by atoms with van der Waals surface area (Å²) in [5.74, 6) is -1.30. The molecule has 4 nitrogen and oxygen atoms in total. The summed E-state index contributed by atoms with van der Waals surface area (Å²) in [6.45, 7) is 0. The van der Waals surface area contributed by atoms with Crippen molar-refractivity contribution >= 4 is 40.6 Å². The first kappa shape index (κ1) is 19.6. The molecule has 0 aliphatic heterocycles. The Morgan fingerprint density at radius 3 is 2.47 bits per heavy atom. The average molecular weight is 464 g/mol. The van der Waals surface area contributed by atoms with Crippen LogP contribution >= 0.6 is 35.0 Å². The third kappa shape index (κ3) is 3.31. The lowest BCUT2D eigenvalue weighted by Gasteiger charge is -2.07. The Hall–Kier alpha value is -2.35. The maximum atomic E-state index is 14.1. The van der Waals surface area contributed by atoms with Gasteiger partial charge in [-0.05, 0) is 37.1 Å². The van der Waals surface area contributed by atoms with E-state index in [1.54, 1.807) is 39.8 Å². The van der Waals surface area contributed by atoms with Crippen LogP contribution in [0.2, 0.25) is 10.0 Å². The molecule has 0 spiro atoms. The quantitative estimate of drug-likeness (QED) is 0.359. The molecule has 30 heavy (non-hydrogen) atoms. The number of nitrogens with zero attached hydrogens (tertiary/aromatic N) is 3. The van der Waals surface area contributed by atoms with Crippen LogP contribution in [0.15, 0.2) is 63.4 Å². The molecule has 1 saturated carbocycles. The largest absolute Gasteiger partial charge is 0.277 e. The van der Waals surface area contributed by atoms with Crippen LogP contribution in [-0.4, -0.2) is 14.2 Å². The van der Waals surface area contributed by atoms with Crippen molar-refractivity contribution in [3.8, 4) is 11.1 Å². The van der Waals surface area contributed by atoms with E-state index in [-0.39, 0.29) is 16.5 Å². The third-order valence-electron chi connectivity index (χ3n) is 4.89. The Balaban J connectivity index is 1.69. The summed E-state index contributed by atoms with van der Waals surface area (Å²) in [5.41, 5.74) is 0.975. The predicted molar refractivity (Wildman–Crippen MR) is 114 cm³/mol. The number of hydrogen-bond acceptors (Lipinski definition) is 3. The van der Waals surface area contributed by atoms with Crippen LogP contribution in [-0.2, 0) is 0 Å². The van der Waals surface area contributed by atoms with Crippen LogP contribution < -0.4 is 5.56 Å². The Labute approximate surface area is 184 Å². The third-order valence-corrected chi connectivity index (χ3v) is 6.51. The van der Waals surface area contributed by atoms with Gasteiger partial charge in [0.05, 0.1) is 21.7 Å². The standard InChI is InChI=1S/C21H13Cl2F2N3OS/c22-14-2-1-3-15(23)18(14)19-20-26-9-13(30-17-7-4-11(24)8-16(17)25)10-27(20)28(21(19)29)12-5-6-12/h1-4,7-10,12H,5-6H2. The minimum Gasteiger partial charge on any atom is -0.267 e. The van der Waals surface area contributed by atoms with Gasteiger partial charge in [0.15, 0.2) is 5.65 Å². The molecule has 2 aromatic carbocycles. The zero-order valence-electron chi connectivity index (χ0n) is 15.3. The van der Waals surface area contributed by atoms with E-state index >= 15 is 0 Å². The van der Waals surface area contributed by atoms with Crippen molar-refractivity contribution < 1.29 is 8.78 Å². The molecule has 1 fully saturated rings. The summed E-state index contributed by atoms with van der Waals surface area (Å²) < 4.78 is 30.6. The van der Waals surface area contributed by atoms with Crippen molar-refractivity contribution in [2.45, 2.75) is 28.7 Å². The first-order valence-corrected chi connectivity index (χ1v) is 10.7. The average Bonchev–Trinajstić information content (AvgIpc) is 3.49. The summed E-state index contributed by atoms with van der Waals surface area (Å²) in [6.07, 6.45) is 5.04. The highest BCUT2D eigenvalue weighted by atomic mass is 35.5. The number of hydrogen-bond donors (Lipinski definition) is 0. The smallest absolute Gasteiger partial charge is 0.267 e. The summed E-state index contributed by atoms with van der Waals surface area (Å²) in [5, 5.41) is 0.729. The van der Waals surface area contributed by atoms with Gasteiger partial charge in [0.1, 0.15) is 11.6 Å². The lowest BCUT2D eigenvalue weighted by atomic mass is 10.1. The fourth-order valence-corrected chi connectivity index (χ4v) is 4.80. The van der Waals surface area contributed by atoms with Crippen LogP contribution in [0.25, 0.3) is 16.8 Å². The maximum absolute atomic E-state index is 14.1. The molecule has 2 heterocycles. The monoisotopic (exact) mass is 463 g/mol. The first-order chi connectivity index (χ1) is 14.4. The fraction of sp³-hybridized carbons (Fsp3) is 0.143. The van der Waals surface area contributed by atoms with Gasteiger partial charge in [0.25, 0.3) is 5.56 Å². The zero-order chi connectivity index (χ0) is 21.0. The van der Waals surface area contributed by atoms with E-state index in [1.807, 2.05) is 0 Å². The molecule has 4 aromatic rings. The molecule has 0 N–H and O–H groups in total. The normalized spacial score (nSPS) is 13.9. The van der Waals surface area contributed by atoms with E-state index in [1.165, 1.54) is 12.1 Å². The number of fused-ring (bicyclic) bond motifs is 1. The van der Waals surface area contributed by atoms with Crippen LogP contribution in [0, 0.1) is 11.6 Å². The predicted octanol–water partition coefficient (Wildman–Crippen LogP) is 6.23. The number of aromatic nitrogens is 3. The number of benzene rings is 2. The molecule has 152 valence electrons. The van der Waals surface area contributed by atoms with E-state index in [4.69, 9.17) is 23.2 Å². The van der Waals surface area contributed by atoms with Gasteiger partial charge < -0.3 is 0 Å². The lowest BCUT2D eigenvalue weighted by Crippen LogP contribution is -2.19. The van der Waals surface area contributed by atoms with Crippen LogP contribution in [0.5, 0.6) is 0 Å². The number of halogens is 4. The molecular weight excluding hydrogens is 451 g/mol. The summed E-state index contributed by atoms with van der Waals surface area (Å²) >= 11 is 13.8. The molecule has 0 bridgehead atoms. The molecule has 1 aliphatic rings. The van der Waals surface area contributed by atoms with Crippen molar-refractivity contribution in [2.75, 3.05) is 0 Å². The Kier molecular flexibility index (Phi) is 4.84. The summed E-state index contributed by atoms with van der Waals surface area (Å²) in [6, 6.07) is 8.53. The van der Waals surface area contributed by atoms with E-state index < -0.39 is 11.6 Å². The van der Waals surface area contributed by atoms with Crippen LogP contribution in [0.4, 0.5) is 8.78 Å². The Morgan fingerprint density at radius 1 is 1.07 bits per heavy atom. The second-order valence-electron chi connectivity index (χ2n) is 6.99. The fourth-order valence-electron chi connectivity index (χ4n) is 3.40. The van der Waals surface area contributed by atoms with Crippen molar-refractivity contribution in [3.05, 3.63) is 80.8 Å². The molecule has 9 heteroatoms. The van der Waals surface area contributed by atoms with E-state index in [0.717, 1.165) is 30.7 Å². The van der Waals surface area contributed by atoms with Gasteiger partial charge >= 0.3 is 0 Å². The topological polar surface area (TPSA) is 39.3 Å². The van der Waals surface area contributed by atoms with Gasteiger partial charge in [-0.1, -0.05) is 41.0 Å². The second kappa shape index (κ2) is 7.41.